The minimum atomic E-state index is -0.461. The van der Waals surface area contributed by atoms with Crippen molar-refractivity contribution in [3.8, 4) is 5.75 Å². The molecule has 9 heteroatoms. The van der Waals surface area contributed by atoms with Gasteiger partial charge >= 0.3 is 0 Å². The second kappa shape index (κ2) is 8.62. The Morgan fingerprint density at radius 2 is 2.04 bits per heavy atom. The molecule has 0 aromatic heterocycles. The SMILES string of the molecule is CC(=O)NC1=NN(C(C)=O)C(c2ccc(OCc3ccccc3F)c(Cl)c2)S1. The molecule has 1 N–H and O–H groups in total. The molecule has 1 unspecified atom stereocenters. The largest absolute Gasteiger partial charge is 0.487 e. The molecule has 1 heterocycles. The highest BCUT2D eigenvalue weighted by atomic mass is 35.5. The highest BCUT2D eigenvalue weighted by molar-refractivity contribution is 8.14. The van der Waals surface area contributed by atoms with E-state index in [1.807, 2.05) is 0 Å². The lowest BCUT2D eigenvalue weighted by Crippen LogP contribution is -2.25. The summed E-state index contributed by atoms with van der Waals surface area (Å²) in [6.07, 6.45) is 0. The van der Waals surface area contributed by atoms with Gasteiger partial charge in [0.15, 0.2) is 5.17 Å². The molecular formula is C19H17ClFN3O3S. The van der Waals surface area contributed by atoms with E-state index < -0.39 is 5.37 Å². The Bertz CT molecular complexity index is 954. The quantitative estimate of drug-likeness (QED) is 0.808. The van der Waals surface area contributed by atoms with Gasteiger partial charge in [0.05, 0.1) is 5.02 Å². The number of carbonyl (C=O) groups is 2. The summed E-state index contributed by atoms with van der Waals surface area (Å²) in [6.45, 7) is 2.80. The minimum absolute atomic E-state index is 0.0410. The molecule has 3 rings (SSSR count). The lowest BCUT2D eigenvalue weighted by Gasteiger charge is -2.20. The molecule has 1 aliphatic heterocycles. The zero-order valence-corrected chi connectivity index (χ0v) is 16.7. The fourth-order valence-electron chi connectivity index (χ4n) is 2.54. The molecule has 1 aliphatic rings. The van der Waals surface area contributed by atoms with Crippen LogP contribution in [-0.4, -0.2) is 22.0 Å². The summed E-state index contributed by atoms with van der Waals surface area (Å²) < 4.78 is 19.3. The van der Waals surface area contributed by atoms with E-state index in [0.29, 0.717) is 27.1 Å². The highest BCUT2D eigenvalue weighted by Gasteiger charge is 2.32. The van der Waals surface area contributed by atoms with E-state index in [0.717, 1.165) is 0 Å². The molecule has 2 amide bonds. The van der Waals surface area contributed by atoms with Gasteiger partial charge in [-0.3, -0.25) is 9.59 Å². The summed E-state index contributed by atoms with van der Waals surface area (Å²) in [5.41, 5.74) is 1.14. The molecular weight excluding hydrogens is 405 g/mol. The number of halogens is 2. The van der Waals surface area contributed by atoms with Crippen LogP contribution in [0.3, 0.4) is 0 Å². The van der Waals surface area contributed by atoms with Gasteiger partial charge in [0.2, 0.25) is 11.8 Å². The predicted octanol–water partition coefficient (Wildman–Crippen LogP) is 4.06. The zero-order valence-electron chi connectivity index (χ0n) is 15.1. The molecule has 0 fully saturated rings. The minimum Gasteiger partial charge on any atom is -0.487 e. The van der Waals surface area contributed by atoms with Crippen molar-refractivity contribution < 1.29 is 18.7 Å². The number of hydrazone groups is 1. The third-order valence-corrected chi connectivity index (χ3v) is 5.23. The molecule has 2 aromatic carbocycles. The van der Waals surface area contributed by atoms with Gasteiger partial charge in [-0.1, -0.05) is 47.6 Å². The first kappa shape index (κ1) is 20.2. The fraction of sp³-hybridized carbons (Fsp3) is 0.211. The maximum Gasteiger partial charge on any atom is 0.241 e. The van der Waals surface area contributed by atoms with Crippen LogP contribution in [0.5, 0.6) is 5.75 Å². The third-order valence-electron chi connectivity index (χ3n) is 3.83. The number of hydrogen-bond acceptors (Lipinski definition) is 5. The summed E-state index contributed by atoms with van der Waals surface area (Å²) in [6, 6.07) is 11.4. The van der Waals surface area contributed by atoms with Gasteiger partial charge in [-0.25, -0.2) is 9.40 Å². The Morgan fingerprint density at radius 3 is 2.68 bits per heavy atom. The van der Waals surface area contributed by atoms with E-state index in [1.165, 1.54) is 36.7 Å². The Kier molecular flexibility index (Phi) is 6.21. The van der Waals surface area contributed by atoms with Crippen LogP contribution in [-0.2, 0) is 16.2 Å². The number of ether oxygens (including phenoxy) is 1. The van der Waals surface area contributed by atoms with Crippen molar-refractivity contribution in [2.45, 2.75) is 25.8 Å². The third kappa shape index (κ3) is 4.63. The van der Waals surface area contributed by atoms with E-state index in [4.69, 9.17) is 16.3 Å². The van der Waals surface area contributed by atoms with Crippen LogP contribution in [0.15, 0.2) is 47.6 Å². The predicted molar refractivity (Wildman–Crippen MR) is 106 cm³/mol. The fourth-order valence-corrected chi connectivity index (χ4v) is 3.91. The van der Waals surface area contributed by atoms with Crippen LogP contribution in [0.1, 0.15) is 30.3 Å². The number of benzene rings is 2. The average molecular weight is 422 g/mol. The normalized spacial score (nSPS) is 15.9. The van der Waals surface area contributed by atoms with Crippen LogP contribution in [0, 0.1) is 5.82 Å². The van der Waals surface area contributed by atoms with Crippen LogP contribution < -0.4 is 10.1 Å². The molecule has 0 saturated heterocycles. The summed E-state index contributed by atoms with van der Waals surface area (Å²) in [5.74, 6) is -0.495. The number of amides is 2. The summed E-state index contributed by atoms with van der Waals surface area (Å²) in [7, 11) is 0. The van der Waals surface area contributed by atoms with Crippen LogP contribution in [0.2, 0.25) is 5.02 Å². The molecule has 0 saturated carbocycles. The summed E-state index contributed by atoms with van der Waals surface area (Å²) in [4.78, 5) is 23.2. The standard InChI is InChI=1S/C19H17ClFN3O3S/c1-11(25)22-19-23-24(12(2)26)18(28-19)13-7-8-17(15(20)9-13)27-10-14-5-3-4-6-16(14)21/h3-9,18H,10H2,1-2H3,(H,22,23,25). The number of thioether (sulfide) groups is 1. The maximum absolute atomic E-state index is 13.7. The van der Waals surface area contributed by atoms with Gasteiger partial charge in [0.1, 0.15) is 23.5 Å². The van der Waals surface area contributed by atoms with Gasteiger partial charge in [-0.05, 0) is 23.8 Å². The van der Waals surface area contributed by atoms with Gasteiger partial charge in [0, 0.05) is 19.4 Å². The van der Waals surface area contributed by atoms with Crippen LogP contribution in [0.4, 0.5) is 4.39 Å². The van der Waals surface area contributed by atoms with Gasteiger partial charge in [-0.2, -0.15) is 0 Å². The lowest BCUT2D eigenvalue weighted by atomic mass is 10.2. The summed E-state index contributed by atoms with van der Waals surface area (Å²) >= 11 is 7.55. The number of nitrogens with one attached hydrogen (secondary N) is 1. The first-order chi connectivity index (χ1) is 13.3. The second-order valence-corrected chi connectivity index (χ2v) is 7.47. The molecule has 0 bridgehead atoms. The molecule has 1 atom stereocenters. The van der Waals surface area contributed by atoms with Gasteiger partial charge < -0.3 is 10.1 Å². The molecule has 6 nitrogen and oxygen atoms in total. The Hall–Kier alpha value is -2.58. The van der Waals surface area contributed by atoms with Crippen LogP contribution in [0.25, 0.3) is 0 Å². The summed E-state index contributed by atoms with van der Waals surface area (Å²) in [5, 5.41) is 8.20. The Labute approximate surface area is 170 Å². The van der Waals surface area contributed by atoms with E-state index in [2.05, 4.69) is 10.4 Å². The van der Waals surface area contributed by atoms with E-state index >= 15 is 0 Å². The molecule has 146 valence electrons. The first-order valence-electron chi connectivity index (χ1n) is 8.33. The molecule has 2 aromatic rings. The number of nitrogens with zero attached hydrogens (tertiary/aromatic N) is 2. The maximum atomic E-state index is 13.7. The molecule has 0 radical (unpaired) electrons. The van der Waals surface area contributed by atoms with E-state index in [-0.39, 0.29) is 24.2 Å². The average Bonchev–Trinajstić information content (AvgIpc) is 3.05. The van der Waals surface area contributed by atoms with Crippen molar-refractivity contribution >= 4 is 40.3 Å². The number of amidine groups is 1. The topological polar surface area (TPSA) is 71.0 Å². The van der Waals surface area contributed by atoms with E-state index in [9.17, 15) is 14.0 Å². The lowest BCUT2D eigenvalue weighted by molar-refractivity contribution is -0.129. The van der Waals surface area contributed by atoms with Crippen molar-refractivity contribution in [2.75, 3.05) is 0 Å². The van der Waals surface area contributed by atoms with Gasteiger partial charge in [0.25, 0.3) is 0 Å². The number of rotatable bonds is 4. The van der Waals surface area contributed by atoms with Crippen molar-refractivity contribution in [1.29, 1.82) is 0 Å². The Balaban J connectivity index is 1.75. The van der Waals surface area contributed by atoms with Crippen molar-refractivity contribution in [3.63, 3.8) is 0 Å². The van der Waals surface area contributed by atoms with E-state index in [1.54, 1.807) is 36.4 Å². The molecule has 0 aliphatic carbocycles. The molecule has 28 heavy (non-hydrogen) atoms. The smallest absolute Gasteiger partial charge is 0.241 e. The monoisotopic (exact) mass is 421 g/mol. The first-order valence-corrected chi connectivity index (χ1v) is 9.59. The van der Waals surface area contributed by atoms with Gasteiger partial charge in [-0.15, -0.1) is 5.10 Å². The van der Waals surface area contributed by atoms with Crippen molar-refractivity contribution in [3.05, 3.63) is 64.4 Å². The Morgan fingerprint density at radius 1 is 1.29 bits per heavy atom. The number of carbonyl (C=O) groups excluding carboxylic acids is 2. The molecule has 0 spiro atoms. The second-order valence-electron chi connectivity index (χ2n) is 5.99. The highest BCUT2D eigenvalue weighted by Crippen LogP contribution is 2.41. The number of hydrogen-bond donors (Lipinski definition) is 1. The van der Waals surface area contributed by atoms with Crippen molar-refractivity contribution in [1.82, 2.24) is 10.3 Å². The van der Waals surface area contributed by atoms with Crippen LogP contribution >= 0.6 is 23.4 Å². The zero-order chi connectivity index (χ0) is 20.3. The van der Waals surface area contributed by atoms with Crippen molar-refractivity contribution in [2.24, 2.45) is 5.10 Å².